The lowest BCUT2D eigenvalue weighted by Gasteiger charge is -2.35. The lowest BCUT2D eigenvalue weighted by atomic mass is 9.83. The van der Waals surface area contributed by atoms with Crippen LogP contribution in [-0.4, -0.2) is 24.7 Å². The number of nitrogens with one attached hydrogen (secondary N) is 1. The Morgan fingerprint density at radius 1 is 1.19 bits per heavy atom. The van der Waals surface area contributed by atoms with Crippen LogP contribution in [0.3, 0.4) is 0 Å². The van der Waals surface area contributed by atoms with Crippen molar-refractivity contribution in [2.24, 2.45) is 11.8 Å². The first-order chi connectivity index (χ1) is 12.8. The Morgan fingerprint density at radius 3 is 2.30 bits per heavy atom. The highest BCUT2D eigenvalue weighted by Crippen LogP contribution is 2.31. The molecular formula is C22H34N2O3. The SMILES string of the molecule is CCCOc1ccc(NC(=O)C(CC(C)C)(CC(C)C)OCC)cc1C#N. The average molecular weight is 375 g/mol. The molecule has 0 aliphatic carbocycles. The van der Waals surface area contributed by atoms with E-state index in [1.54, 1.807) is 18.2 Å². The molecule has 0 unspecified atom stereocenters. The van der Waals surface area contributed by atoms with Crippen LogP contribution < -0.4 is 10.1 Å². The third kappa shape index (κ3) is 6.88. The number of amides is 1. The van der Waals surface area contributed by atoms with Gasteiger partial charge >= 0.3 is 0 Å². The Bertz CT molecular complexity index is 637. The molecule has 1 amide bonds. The first kappa shape index (κ1) is 23.0. The summed E-state index contributed by atoms with van der Waals surface area (Å²) in [6.07, 6.45) is 2.16. The Hall–Kier alpha value is -2.06. The molecule has 0 saturated heterocycles. The molecule has 150 valence electrons. The van der Waals surface area contributed by atoms with E-state index in [4.69, 9.17) is 9.47 Å². The number of carbonyl (C=O) groups is 1. The zero-order valence-electron chi connectivity index (χ0n) is 17.6. The van der Waals surface area contributed by atoms with E-state index in [0.29, 0.717) is 54.9 Å². The van der Waals surface area contributed by atoms with Crippen molar-refractivity contribution in [3.8, 4) is 11.8 Å². The highest BCUT2D eigenvalue weighted by molar-refractivity contribution is 5.97. The smallest absolute Gasteiger partial charge is 0.256 e. The molecule has 0 heterocycles. The number of nitriles is 1. The van der Waals surface area contributed by atoms with E-state index in [2.05, 4.69) is 39.1 Å². The predicted molar refractivity (Wildman–Crippen MR) is 109 cm³/mol. The average Bonchev–Trinajstić information content (AvgIpc) is 2.59. The number of benzene rings is 1. The number of rotatable bonds is 11. The van der Waals surface area contributed by atoms with Gasteiger partial charge in [-0.3, -0.25) is 4.79 Å². The lowest BCUT2D eigenvalue weighted by Crippen LogP contribution is -2.47. The largest absolute Gasteiger partial charge is 0.492 e. The van der Waals surface area contributed by atoms with E-state index in [-0.39, 0.29) is 5.91 Å². The van der Waals surface area contributed by atoms with Gasteiger partial charge in [-0.1, -0.05) is 34.6 Å². The molecule has 0 aliphatic rings. The number of anilines is 1. The van der Waals surface area contributed by atoms with E-state index >= 15 is 0 Å². The first-order valence-corrected chi connectivity index (χ1v) is 9.90. The molecule has 1 rings (SSSR count). The molecule has 0 bridgehead atoms. The van der Waals surface area contributed by atoms with Gasteiger partial charge in [-0.05, 0) is 56.2 Å². The van der Waals surface area contributed by atoms with Crippen molar-refractivity contribution in [1.82, 2.24) is 0 Å². The Kier molecular flexibility index (Phi) is 9.31. The fraction of sp³-hybridized carbons (Fsp3) is 0.636. The molecule has 0 saturated carbocycles. The van der Waals surface area contributed by atoms with E-state index < -0.39 is 5.60 Å². The van der Waals surface area contributed by atoms with Gasteiger partial charge < -0.3 is 14.8 Å². The van der Waals surface area contributed by atoms with Crippen molar-refractivity contribution < 1.29 is 14.3 Å². The van der Waals surface area contributed by atoms with Gasteiger partial charge in [0.1, 0.15) is 17.4 Å². The molecule has 0 aromatic heterocycles. The Balaban J connectivity index is 3.11. The molecular weight excluding hydrogens is 340 g/mol. The van der Waals surface area contributed by atoms with Gasteiger partial charge in [-0.2, -0.15) is 5.26 Å². The fourth-order valence-corrected chi connectivity index (χ4v) is 3.33. The van der Waals surface area contributed by atoms with Crippen LogP contribution in [0.5, 0.6) is 5.75 Å². The van der Waals surface area contributed by atoms with Gasteiger partial charge in [0.25, 0.3) is 5.91 Å². The molecule has 5 heteroatoms. The molecule has 1 aromatic carbocycles. The maximum absolute atomic E-state index is 13.2. The molecule has 1 N–H and O–H groups in total. The second kappa shape index (κ2) is 10.9. The molecule has 0 atom stereocenters. The van der Waals surface area contributed by atoms with Crippen LogP contribution in [0.2, 0.25) is 0 Å². The first-order valence-electron chi connectivity index (χ1n) is 9.90. The summed E-state index contributed by atoms with van der Waals surface area (Å²) < 4.78 is 11.6. The zero-order chi connectivity index (χ0) is 20.4. The maximum atomic E-state index is 13.2. The third-order valence-corrected chi connectivity index (χ3v) is 4.13. The van der Waals surface area contributed by atoms with Crippen molar-refractivity contribution >= 4 is 11.6 Å². The maximum Gasteiger partial charge on any atom is 0.256 e. The summed E-state index contributed by atoms with van der Waals surface area (Å²) in [5.74, 6) is 1.02. The van der Waals surface area contributed by atoms with E-state index in [0.717, 1.165) is 6.42 Å². The third-order valence-electron chi connectivity index (χ3n) is 4.13. The minimum absolute atomic E-state index is 0.155. The van der Waals surface area contributed by atoms with Crippen LogP contribution in [0.15, 0.2) is 18.2 Å². The van der Waals surface area contributed by atoms with Gasteiger partial charge in [-0.25, -0.2) is 0 Å². The normalized spacial score (nSPS) is 11.5. The number of hydrogen-bond donors (Lipinski definition) is 1. The minimum atomic E-state index is -0.874. The number of hydrogen-bond acceptors (Lipinski definition) is 4. The van der Waals surface area contributed by atoms with Crippen molar-refractivity contribution in [3.05, 3.63) is 23.8 Å². The molecule has 5 nitrogen and oxygen atoms in total. The summed E-state index contributed by atoms with van der Waals surface area (Å²) in [5, 5.41) is 12.4. The second-order valence-corrected chi connectivity index (χ2v) is 7.75. The van der Waals surface area contributed by atoms with E-state index in [1.807, 2.05) is 13.8 Å². The number of carbonyl (C=O) groups excluding carboxylic acids is 1. The van der Waals surface area contributed by atoms with Gasteiger partial charge in [0, 0.05) is 12.3 Å². The standard InChI is InChI=1S/C22H34N2O3/c1-7-11-26-20-10-9-19(12-18(20)15-23)24-21(25)22(27-8-2,13-16(3)4)14-17(5)6/h9-10,12,16-17H,7-8,11,13-14H2,1-6H3,(H,24,25). The van der Waals surface area contributed by atoms with Crippen molar-refractivity contribution in [3.63, 3.8) is 0 Å². The van der Waals surface area contributed by atoms with Crippen molar-refractivity contribution in [1.29, 1.82) is 5.26 Å². The van der Waals surface area contributed by atoms with E-state index in [1.165, 1.54) is 0 Å². The molecule has 0 aliphatic heterocycles. The van der Waals surface area contributed by atoms with Crippen molar-refractivity contribution in [2.45, 2.75) is 66.4 Å². The van der Waals surface area contributed by atoms with Crippen LogP contribution in [0.1, 0.15) is 66.4 Å². The number of nitrogens with zero attached hydrogens (tertiary/aromatic N) is 1. The second-order valence-electron chi connectivity index (χ2n) is 7.75. The number of ether oxygens (including phenoxy) is 2. The van der Waals surface area contributed by atoms with Gasteiger partial charge in [-0.15, -0.1) is 0 Å². The summed E-state index contributed by atoms with van der Waals surface area (Å²) in [6, 6.07) is 7.30. The summed E-state index contributed by atoms with van der Waals surface area (Å²) in [5.41, 5.74) is 0.120. The summed E-state index contributed by atoms with van der Waals surface area (Å²) in [6.45, 7) is 13.3. The molecule has 27 heavy (non-hydrogen) atoms. The Labute approximate surface area is 164 Å². The monoisotopic (exact) mass is 374 g/mol. The van der Waals surface area contributed by atoms with Crippen LogP contribution in [0.4, 0.5) is 5.69 Å². The summed E-state index contributed by atoms with van der Waals surface area (Å²) in [4.78, 5) is 13.2. The fourth-order valence-electron chi connectivity index (χ4n) is 3.33. The van der Waals surface area contributed by atoms with Crippen molar-refractivity contribution in [2.75, 3.05) is 18.5 Å². The van der Waals surface area contributed by atoms with Gasteiger partial charge in [0.2, 0.25) is 0 Å². The topological polar surface area (TPSA) is 71.3 Å². The van der Waals surface area contributed by atoms with Gasteiger partial charge in [0.15, 0.2) is 0 Å². The van der Waals surface area contributed by atoms with Gasteiger partial charge in [0.05, 0.1) is 12.2 Å². The lowest BCUT2D eigenvalue weighted by molar-refractivity contribution is -0.146. The van der Waals surface area contributed by atoms with Crippen LogP contribution in [0, 0.1) is 23.2 Å². The quantitative estimate of drug-likeness (QED) is 0.581. The Morgan fingerprint density at radius 2 is 1.81 bits per heavy atom. The molecule has 0 radical (unpaired) electrons. The zero-order valence-corrected chi connectivity index (χ0v) is 17.6. The van der Waals surface area contributed by atoms with Crippen LogP contribution in [0.25, 0.3) is 0 Å². The highest BCUT2D eigenvalue weighted by Gasteiger charge is 2.40. The predicted octanol–water partition coefficient (Wildman–Crippen LogP) is 5.15. The highest BCUT2D eigenvalue weighted by atomic mass is 16.5. The summed E-state index contributed by atoms with van der Waals surface area (Å²) >= 11 is 0. The molecule has 0 spiro atoms. The van der Waals surface area contributed by atoms with E-state index in [9.17, 15) is 10.1 Å². The van der Waals surface area contributed by atoms with Crippen LogP contribution >= 0.6 is 0 Å². The molecule has 0 fully saturated rings. The molecule has 1 aromatic rings. The van der Waals surface area contributed by atoms with Crippen LogP contribution in [-0.2, 0) is 9.53 Å². The minimum Gasteiger partial charge on any atom is -0.492 e. The summed E-state index contributed by atoms with van der Waals surface area (Å²) in [7, 11) is 0.